The normalized spacial score (nSPS) is 10.9. The summed E-state index contributed by atoms with van der Waals surface area (Å²) in [7, 11) is 1.60. The highest BCUT2D eigenvalue weighted by molar-refractivity contribution is 6.02. The van der Waals surface area contributed by atoms with E-state index in [1.807, 2.05) is 67.6 Å². The molecule has 154 valence electrons. The van der Waals surface area contributed by atoms with Crippen molar-refractivity contribution >= 4 is 17.7 Å². The smallest absolute Gasteiger partial charge is 0.248 e. The van der Waals surface area contributed by atoms with Gasteiger partial charge >= 0.3 is 0 Å². The number of hydrogen-bond acceptors (Lipinski definition) is 5. The van der Waals surface area contributed by atoms with Gasteiger partial charge in [-0.1, -0.05) is 36.4 Å². The molecule has 3 aromatic carbocycles. The van der Waals surface area contributed by atoms with E-state index >= 15 is 0 Å². The molecule has 0 aliphatic rings. The van der Waals surface area contributed by atoms with E-state index in [1.165, 1.54) is 6.08 Å². The van der Waals surface area contributed by atoms with E-state index < -0.39 is 0 Å². The third kappa shape index (κ3) is 4.70. The van der Waals surface area contributed by atoms with Crippen LogP contribution in [0.4, 0.5) is 5.69 Å². The molecule has 1 N–H and O–H groups in total. The maximum atomic E-state index is 12.3. The van der Waals surface area contributed by atoms with Gasteiger partial charge in [0.1, 0.15) is 5.75 Å². The summed E-state index contributed by atoms with van der Waals surface area (Å²) in [5.74, 6) is 1.37. The van der Waals surface area contributed by atoms with Crippen molar-refractivity contribution in [3.63, 3.8) is 0 Å². The molecule has 1 heterocycles. The molecule has 6 heteroatoms. The van der Waals surface area contributed by atoms with Crippen molar-refractivity contribution in [2.45, 2.75) is 6.92 Å². The van der Waals surface area contributed by atoms with Gasteiger partial charge in [0.25, 0.3) is 0 Å². The van der Waals surface area contributed by atoms with Crippen molar-refractivity contribution in [2.75, 3.05) is 12.4 Å². The molecule has 0 radical (unpaired) electrons. The average molecular weight is 411 g/mol. The molecular formula is C25H21N3O3. The number of anilines is 1. The van der Waals surface area contributed by atoms with Gasteiger partial charge in [0, 0.05) is 28.5 Å². The quantitative estimate of drug-likeness (QED) is 0.432. The molecular weight excluding hydrogens is 390 g/mol. The van der Waals surface area contributed by atoms with E-state index in [-0.39, 0.29) is 5.91 Å². The highest BCUT2D eigenvalue weighted by Crippen LogP contribution is 2.26. The number of benzene rings is 3. The van der Waals surface area contributed by atoms with Crippen LogP contribution in [0, 0.1) is 6.92 Å². The van der Waals surface area contributed by atoms with Crippen LogP contribution >= 0.6 is 0 Å². The Morgan fingerprint density at radius 1 is 0.935 bits per heavy atom. The number of methoxy groups -OCH3 is 1. The van der Waals surface area contributed by atoms with Gasteiger partial charge in [-0.25, -0.2) is 0 Å². The van der Waals surface area contributed by atoms with E-state index in [4.69, 9.17) is 9.15 Å². The minimum atomic E-state index is -0.238. The van der Waals surface area contributed by atoms with Gasteiger partial charge < -0.3 is 14.5 Å². The molecule has 0 saturated carbocycles. The van der Waals surface area contributed by atoms with Crippen molar-refractivity contribution in [1.82, 2.24) is 10.2 Å². The van der Waals surface area contributed by atoms with Gasteiger partial charge in [-0.3, -0.25) is 4.79 Å². The predicted octanol–water partition coefficient (Wildman–Crippen LogP) is 5.37. The maximum Gasteiger partial charge on any atom is 0.248 e. The second kappa shape index (κ2) is 9.09. The Labute approximate surface area is 180 Å². The molecule has 1 aromatic heterocycles. The fourth-order valence-corrected chi connectivity index (χ4v) is 3.11. The summed E-state index contributed by atoms with van der Waals surface area (Å²) in [4.78, 5) is 12.3. The molecule has 1 amide bonds. The first-order chi connectivity index (χ1) is 15.1. The predicted molar refractivity (Wildman–Crippen MR) is 121 cm³/mol. The number of para-hydroxylation sites is 1. The second-order valence-corrected chi connectivity index (χ2v) is 6.87. The minimum absolute atomic E-state index is 0.238. The first-order valence-corrected chi connectivity index (χ1v) is 9.76. The molecule has 0 aliphatic heterocycles. The van der Waals surface area contributed by atoms with Gasteiger partial charge in [-0.15, -0.1) is 10.2 Å². The molecule has 4 rings (SSSR count). The molecule has 0 unspecified atom stereocenters. The average Bonchev–Trinajstić information content (AvgIpc) is 3.29. The highest BCUT2D eigenvalue weighted by atomic mass is 16.5. The zero-order chi connectivity index (χ0) is 21.6. The van der Waals surface area contributed by atoms with E-state index in [1.54, 1.807) is 25.3 Å². The fourth-order valence-electron chi connectivity index (χ4n) is 3.11. The van der Waals surface area contributed by atoms with Crippen LogP contribution < -0.4 is 10.1 Å². The molecule has 0 fully saturated rings. The van der Waals surface area contributed by atoms with Gasteiger partial charge in [0.15, 0.2) is 0 Å². The Hall–Kier alpha value is -4.19. The summed E-state index contributed by atoms with van der Waals surface area (Å²) in [6.45, 7) is 2.00. The summed E-state index contributed by atoms with van der Waals surface area (Å²) in [5.41, 5.74) is 4.24. The molecule has 4 aromatic rings. The summed E-state index contributed by atoms with van der Waals surface area (Å²) in [5, 5.41) is 11.1. The van der Waals surface area contributed by atoms with Crippen LogP contribution in [0.5, 0.6) is 5.75 Å². The van der Waals surface area contributed by atoms with Crippen LogP contribution in [0.2, 0.25) is 0 Å². The number of nitrogens with one attached hydrogen (secondary N) is 1. The highest BCUT2D eigenvalue weighted by Gasteiger charge is 2.12. The maximum absolute atomic E-state index is 12.3. The third-order valence-corrected chi connectivity index (χ3v) is 4.75. The number of carbonyl (C=O) groups is 1. The van der Waals surface area contributed by atoms with Crippen molar-refractivity contribution in [2.24, 2.45) is 0 Å². The number of ether oxygens (including phenoxy) is 1. The molecule has 0 aliphatic carbocycles. The Morgan fingerprint density at radius 3 is 2.42 bits per heavy atom. The Bertz CT molecular complexity index is 1230. The van der Waals surface area contributed by atoms with Crippen molar-refractivity contribution < 1.29 is 13.9 Å². The van der Waals surface area contributed by atoms with Crippen LogP contribution in [0.25, 0.3) is 29.0 Å². The number of aryl methyl sites for hydroxylation is 1. The number of hydrogen-bond donors (Lipinski definition) is 1. The second-order valence-electron chi connectivity index (χ2n) is 6.87. The standard InChI is InChI=1S/C25H21N3O3/c1-17-7-3-5-9-21(17)25-28-27-24(31-25)19-11-14-20(15-12-19)26-23(29)16-13-18-8-4-6-10-22(18)30-2/h3-16H,1-2H3,(H,26,29)/b16-13+. The lowest BCUT2D eigenvalue weighted by Gasteiger charge is -2.04. The zero-order valence-electron chi connectivity index (χ0n) is 17.2. The van der Waals surface area contributed by atoms with Gasteiger partial charge in [-0.2, -0.15) is 0 Å². The molecule has 0 saturated heterocycles. The molecule has 0 spiro atoms. The number of rotatable bonds is 6. The van der Waals surface area contributed by atoms with Crippen molar-refractivity contribution in [3.8, 4) is 28.7 Å². The lowest BCUT2D eigenvalue weighted by Crippen LogP contribution is -2.07. The van der Waals surface area contributed by atoms with Gasteiger partial charge in [-0.05, 0) is 55.0 Å². The van der Waals surface area contributed by atoms with E-state index in [9.17, 15) is 4.79 Å². The van der Waals surface area contributed by atoms with Gasteiger partial charge in [0.2, 0.25) is 17.7 Å². The topological polar surface area (TPSA) is 77.2 Å². The summed E-state index contributed by atoms with van der Waals surface area (Å²) >= 11 is 0. The van der Waals surface area contributed by atoms with Crippen molar-refractivity contribution in [1.29, 1.82) is 0 Å². The van der Waals surface area contributed by atoms with Crippen molar-refractivity contribution in [3.05, 3.63) is 90.0 Å². The Kier molecular flexibility index (Phi) is 5.89. The number of carbonyl (C=O) groups excluding carboxylic acids is 1. The van der Waals surface area contributed by atoms with Crippen LogP contribution in [0.1, 0.15) is 11.1 Å². The molecule has 0 bridgehead atoms. The number of amides is 1. The Balaban J connectivity index is 1.43. The lowest BCUT2D eigenvalue weighted by molar-refractivity contribution is -0.111. The van der Waals surface area contributed by atoms with Crippen LogP contribution in [-0.4, -0.2) is 23.2 Å². The molecule has 0 atom stereocenters. The van der Waals surface area contributed by atoms with Crippen LogP contribution in [0.3, 0.4) is 0 Å². The van der Waals surface area contributed by atoms with E-state index in [0.29, 0.717) is 23.2 Å². The first kappa shape index (κ1) is 20.1. The molecule has 6 nitrogen and oxygen atoms in total. The van der Waals surface area contributed by atoms with E-state index in [0.717, 1.165) is 22.3 Å². The summed E-state index contributed by atoms with van der Waals surface area (Å²) in [6, 6.07) is 22.6. The SMILES string of the molecule is COc1ccccc1/C=C/C(=O)Nc1ccc(-c2nnc(-c3ccccc3C)o2)cc1. The monoisotopic (exact) mass is 411 g/mol. The van der Waals surface area contributed by atoms with Crippen LogP contribution in [0.15, 0.2) is 83.3 Å². The number of aromatic nitrogens is 2. The summed E-state index contributed by atoms with van der Waals surface area (Å²) < 4.78 is 11.1. The van der Waals surface area contributed by atoms with E-state index in [2.05, 4.69) is 15.5 Å². The zero-order valence-corrected chi connectivity index (χ0v) is 17.2. The minimum Gasteiger partial charge on any atom is -0.496 e. The van der Waals surface area contributed by atoms with Gasteiger partial charge in [0.05, 0.1) is 7.11 Å². The summed E-state index contributed by atoms with van der Waals surface area (Å²) in [6.07, 6.45) is 3.19. The first-order valence-electron chi connectivity index (χ1n) is 9.76. The molecule has 31 heavy (non-hydrogen) atoms. The number of nitrogens with zero attached hydrogens (tertiary/aromatic N) is 2. The largest absolute Gasteiger partial charge is 0.496 e. The Morgan fingerprint density at radius 2 is 1.65 bits per heavy atom. The van der Waals surface area contributed by atoms with Crippen LogP contribution in [-0.2, 0) is 4.79 Å². The fraction of sp³-hybridized carbons (Fsp3) is 0.0800. The lowest BCUT2D eigenvalue weighted by atomic mass is 10.1. The third-order valence-electron chi connectivity index (χ3n) is 4.75.